The lowest BCUT2D eigenvalue weighted by molar-refractivity contribution is -0.129. The van der Waals surface area contributed by atoms with Gasteiger partial charge in [0.2, 0.25) is 5.91 Å². The van der Waals surface area contributed by atoms with Crippen LogP contribution in [0.2, 0.25) is 0 Å². The Kier molecular flexibility index (Phi) is 5.35. The van der Waals surface area contributed by atoms with E-state index < -0.39 is 0 Å². The second-order valence-corrected chi connectivity index (χ2v) is 8.75. The van der Waals surface area contributed by atoms with Gasteiger partial charge in [-0.15, -0.1) is 0 Å². The highest BCUT2D eigenvalue weighted by atomic mass is 32.2. The smallest absolute Gasteiger partial charge is 0.277 e. The minimum absolute atomic E-state index is 0.0106. The summed E-state index contributed by atoms with van der Waals surface area (Å²) in [7, 11) is 0. The van der Waals surface area contributed by atoms with E-state index in [1.54, 1.807) is 4.90 Å². The number of thiazole rings is 1. The first kappa shape index (κ1) is 19.6. The van der Waals surface area contributed by atoms with Crippen LogP contribution < -0.4 is 5.32 Å². The maximum absolute atomic E-state index is 12.7. The Morgan fingerprint density at radius 2 is 2.13 bits per heavy atom. The number of fused-ring (bicyclic) bond motifs is 2. The van der Waals surface area contributed by atoms with Crippen LogP contribution >= 0.6 is 23.1 Å². The molecule has 0 aliphatic carbocycles. The summed E-state index contributed by atoms with van der Waals surface area (Å²) in [6.45, 7) is 1.06. The third-order valence-corrected chi connectivity index (χ3v) is 6.50. The molecule has 1 N–H and O–H groups in total. The molecule has 2 amide bonds. The molecule has 0 saturated carbocycles. The monoisotopic (exact) mass is 452 g/mol. The van der Waals surface area contributed by atoms with Crippen LogP contribution in [0.5, 0.6) is 0 Å². The van der Waals surface area contributed by atoms with Crippen LogP contribution in [0.3, 0.4) is 0 Å². The molecular weight excluding hydrogens is 436 g/mol. The number of benzene rings is 1. The lowest BCUT2D eigenvalue weighted by Gasteiger charge is -2.25. The first-order valence-corrected chi connectivity index (χ1v) is 11.3. The van der Waals surface area contributed by atoms with E-state index >= 15 is 0 Å². The molecule has 0 unspecified atom stereocenters. The van der Waals surface area contributed by atoms with Gasteiger partial charge in [0.25, 0.3) is 11.1 Å². The van der Waals surface area contributed by atoms with Crippen molar-refractivity contribution in [1.82, 2.24) is 24.8 Å². The van der Waals surface area contributed by atoms with E-state index in [4.69, 9.17) is 4.42 Å². The molecule has 4 heterocycles. The largest absolute Gasteiger partial charge is 0.431 e. The molecule has 1 aliphatic rings. The summed E-state index contributed by atoms with van der Waals surface area (Å²) in [5.74, 6) is -0.102. The van der Waals surface area contributed by atoms with E-state index in [1.807, 2.05) is 24.3 Å². The van der Waals surface area contributed by atoms with Crippen molar-refractivity contribution in [3.63, 3.8) is 0 Å². The van der Waals surface area contributed by atoms with Crippen LogP contribution in [-0.4, -0.2) is 48.9 Å². The highest BCUT2D eigenvalue weighted by Gasteiger charge is 2.25. The number of carbonyl (C=O) groups is 2. The first-order chi connectivity index (χ1) is 15.2. The third kappa shape index (κ3) is 4.28. The number of nitrogens with one attached hydrogen (secondary N) is 1. The average molecular weight is 453 g/mol. The molecule has 0 fully saturated rings. The quantitative estimate of drug-likeness (QED) is 0.460. The molecule has 0 bridgehead atoms. The van der Waals surface area contributed by atoms with Gasteiger partial charge in [-0.3, -0.25) is 19.9 Å². The summed E-state index contributed by atoms with van der Waals surface area (Å²) in [6, 6.07) is 7.51. The summed E-state index contributed by atoms with van der Waals surface area (Å²) < 4.78 is 5.66. The fourth-order valence-corrected chi connectivity index (χ4v) is 4.93. The van der Waals surface area contributed by atoms with Crippen molar-refractivity contribution in [2.75, 3.05) is 17.6 Å². The van der Waals surface area contributed by atoms with Gasteiger partial charge >= 0.3 is 0 Å². The third-order valence-electron chi connectivity index (χ3n) is 4.69. The number of carbonyl (C=O) groups excluding carboxylic acids is 2. The fourth-order valence-electron chi connectivity index (χ4n) is 3.17. The summed E-state index contributed by atoms with van der Waals surface area (Å²) >= 11 is 2.66. The lowest BCUT2D eigenvalue weighted by atomic mass is 10.2. The molecule has 0 saturated heterocycles. The van der Waals surface area contributed by atoms with E-state index in [9.17, 15) is 9.59 Å². The van der Waals surface area contributed by atoms with Crippen LogP contribution in [0.25, 0.3) is 11.1 Å². The summed E-state index contributed by atoms with van der Waals surface area (Å²) in [5, 5.41) is 3.74. The molecule has 3 aromatic heterocycles. The Morgan fingerprint density at radius 1 is 1.23 bits per heavy atom. The normalized spacial score (nSPS) is 13.2. The molecule has 0 atom stereocenters. The van der Waals surface area contributed by atoms with E-state index in [0.29, 0.717) is 35.4 Å². The van der Waals surface area contributed by atoms with Crippen molar-refractivity contribution < 1.29 is 14.0 Å². The second kappa shape index (κ2) is 8.44. The van der Waals surface area contributed by atoms with Crippen molar-refractivity contribution in [2.24, 2.45) is 0 Å². The molecule has 0 radical (unpaired) electrons. The van der Waals surface area contributed by atoms with E-state index in [2.05, 4.69) is 25.3 Å². The van der Waals surface area contributed by atoms with E-state index in [-0.39, 0.29) is 23.3 Å². The molecule has 11 heteroatoms. The first-order valence-electron chi connectivity index (χ1n) is 9.48. The molecule has 5 rings (SSSR count). The van der Waals surface area contributed by atoms with E-state index in [1.165, 1.54) is 41.7 Å². The predicted octanol–water partition coefficient (Wildman–Crippen LogP) is 3.00. The number of amides is 2. The van der Waals surface area contributed by atoms with Gasteiger partial charge in [-0.1, -0.05) is 35.2 Å². The number of thioether (sulfide) groups is 1. The standard InChI is InChI=1S/C20H16N6O3S2/c27-17(11-30-20-24-12-3-1-2-4-15(12)29-20)26-8-5-13-16(10-26)31-19(23-13)25-18(28)14-9-21-6-7-22-14/h1-4,6-7,9H,5,8,10-11H2,(H,23,25,28). The molecule has 31 heavy (non-hydrogen) atoms. The maximum Gasteiger partial charge on any atom is 0.277 e. The maximum atomic E-state index is 12.7. The number of anilines is 1. The van der Waals surface area contributed by atoms with Gasteiger partial charge in [-0.05, 0) is 12.1 Å². The highest BCUT2D eigenvalue weighted by molar-refractivity contribution is 7.99. The van der Waals surface area contributed by atoms with Crippen LogP contribution in [0.15, 0.2) is 52.5 Å². The Hall–Kier alpha value is -3.31. The van der Waals surface area contributed by atoms with Gasteiger partial charge < -0.3 is 9.32 Å². The average Bonchev–Trinajstić information content (AvgIpc) is 3.40. The predicted molar refractivity (Wildman–Crippen MR) is 116 cm³/mol. The van der Waals surface area contributed by atoms with Crippen molar-refractivity contribution >= 4 is 51.1 Å². The minimum atomic E-state index is -0.359. The van der Waals surface area contributed by atoms with Gasteiger partial charge in [0.05, 0.1) is 24.2 Å². The van der Waals surface area contributed by atoms with Crippen LogP contribution in [0.4, 0.5) is 5.13 Å². The van der Waals surface area contributed by atoms with Crippen molar-refractivity contribution in [3.8, 4) is 0 Å². The fraction of sp³-hybridized carbons (Fsp3) is 0.200. The summed E-state index contributed by atoms with van der Waals surface area (Å²) in [6.07, 6.45) is 5.02. The lowest BCUT2D eigenvalue weighted by Crippen LogP contribution is -2.36. The minimum Gasteiger partial charge on any atom is -0.431 e. The highest BCUT2D eigenvalue weighted by Crippen LogP contribution is 2.29. The zero-order valence-corrected chi connectivity index (χ0v) is 17.8. The van der Waals surface area contributed by atoms with Gasteiger partial charge in [0, 0.05) is 30.2 Å². The summed E-state index contributed by atoms with van der Waals surface area (Å²) in [4.78, 5) is 44.5. The second-order valence-electron chi connectivity index (χ2n) is 6.74. The Balaban J connectivity index is 1.20. The molecular formula is C20H16N6O3S2. The topological polar surface area (TPSA) is 114 Å². The number of rotatable bonds is 5. The van der Waals surface area contributed by atoms with Crippen LogP contribution in [0, 0.1) is 0 Å². The molecule has 4 aromatic rings. The molecule has 156 valence electrons. The van der Waals surface area contributed by atoms with Crippen molar-refractivity contribution in [2.45, 2.75) is 18.2 Å². The van der Waals surface area contributed by atoms with Gasteiger partial charge in [0.15, 0.2) is 10.7 Å². The number of hydrogen-bond acceptors (Lipinski definition) is 9. The number of oxazole rings is 1. The number of aromatic nitrogens is 4. The number of nitrogens with zero attached hydrogens (tertiary/aromatic N) is 5. The zero-order chi connectivity index (χ0) is 21.2. The van der Waals surface area contributed by atoms with Gasteiger partial charge in [0.1, 0.15) is 11.2 Å². The SMILES string of the molecule is O=C(Nc1nc2c(s1)CN(C(=O)CSc1nc3ccccc3o1)CC2)c1cnccn1. The molecule has 1 aromatic carbocycles. The Labute approximate surface area is 184 Å². The zero-order valence-electron chi connectivity index (χ0n) is 16.1. The van der Waals surface area contributed by atoms with Crippen molar-refractivity contribution in [3.05, 3.63) is 59.1 Å². The molecule has 0 spiro atoms. The van der Waals surface area contributed by atoms with Gasteiger partial charge in [-0.25, -0.2) is 15.0 Å². The Bertz CT molecular complexity index is 1220. The van der Waals surface area contributed by atoms with E-state index in [0.717, 1.165) is 16.1 Å². The van der Waals surface area contributed by atoms with Crippen LogP contribution in [0.1, 0.15) is 21.1 Å². The van der Waals surface area contributed by atoms with Crippen LogP contribution in [-0.2, 0) is 17.8 Å². The molecule has 9 nitrogen and oxygen atoms in total. The Morgan fingerprint density at radius 3 is 2.97 bits per heavy atom. The number of para-hydroxylation sites is 2. The molecule has 1 aliphatic heterocycles. The number of hydrogen-bond donors (Lipinski definition) is 1. The van der Waals surface area contributed by atoms with Crippen molar-refractivity contribution in [1.29, 1.82) is 0 Å². The summed E-state index contributed by atoms with van der Waals surface area (Å²) in [5.41, 5.74) is 2.63. The van der Waals surface area contributed by atoms with Gasteiger partial charge in [-0.2, -0.15) is 0 Å².